The minimum atomic E-state index is -0.752. The van der Waals surface area contributed by atoms with E-state index in [4.69, 9.17) is 10.8 Å². The minimum Gasteiger partial charge on any atom is -0.480 e. The van der Waals surface area contributed by atoms with E-state index in [9.17, 15) is 9.59 Å². The molecule has 5 N–H and O–H groups in total. The van der Waals surface area contributed by atoms with E-state index in [-0.39, 0.29) is 24.4 Å². The standard InChI is InChI=1S/C9H16N2O2.C2H5NO.ClH/c1-2-7-5-8(9(12)13)11(6-7)4-3-10;1-2(3)4;/h2,7-8H,1,3-6,10H2,(H,12,13);1H3,(H2,3,4);1H/t7-,8-;;/m1../s1. The number of nitrogens with zero attached hydrogens (tertiary/aromatic N) is 1. The normalized spacial score (nSPS) is 22.3. The van der Waals surface area contributed by atoms with E-state index in [0.717, 1.165) is 6.54 Å². The highest BCUT2D eigenvalue weighted by Crippen LogP contribution is 2.23. The van der Waals surface area contributed by atoms with E-state index in [2.05, 4.69) is 12.3 Å². The first-order chi connectivity index (χ1) is 7.92. The number of likely N-dealkylation sites (tertiary alicyclic amines) is 1. The molecule has 106 valence electrons. The number of halogens is 1. The number of carbonyl (C=O) groups excluding carboxylic acids is 1. The lowest BCUT2D eigenvalue weighted by Gasteiger charge is -2.19. The number of carboxylic acid groups (broad SMARTS) is 1. The fourth-order valence-electron chi connectivity index (χ4n) is 1.78. The molecule has 0 aromatic heterocycles. The highest BCUT2D eigenvalue weighted by molar-refractivity contribution is 5.85. The van der Waals surface area contributed by atoms with E-state index in [1.807, 2.05) is 11.0 Å². The lowest BCUT2D eigenvalue weighted by atomic mass is 10.1. The molecule has 1 saturated heterocycles. The maximum absolute atomic E-state index is 10.8. The molecule has 0 aromatic rings. The van der Waals surface area contributed by atoms with Gasteiger partial charge in [-0.2, -0.15) is 0 Å². The van der Waals surface area contributed by atoms with Crippen LogP contribution in [0, 0.1) is 5.92 Å². The molecule has 6 nitrogen and oxygen atoms in total. The zero-order chi connectivity index (χ0) is 13.4. The van der Waals surface area contributed by atoms with Crippen molar-refractivity contribution in [2.24, 2.45) is 17.4 Å². The molecule has 0 aromatic carbocycles. The van der Waals surface area contributed by atoms with Crippen LogP contribution in [0.4, 0.5) is 0 Å². The molecule has 0 bridgehead atoms. The molecule has 18 heavy (non-hydrogen) atoms. The van der Waals surface area contributed by atoms with Crippen molar-refractivity contribution >= 4 is 24.3 Å². The molecular weight excluding hydrogens is 258 g/mol. The minimum absolute atomic E-state index is 0. The Morgan fingerprint density at radius 2 is 2.06 bits per heavy atom. The number of primary amides is 1. The molecule has 1 aliphatic rings. The summed E-state index contributed by atoms with van der Waals surface area (Å²) >= 11 is 0. The fourth-order valence-corrected chi connectivity index (χ4v) is 1.78. The number of hydrogen-bond donors (Lipinski definition) is 3. The number of rotatable bonds is 4. The van der Waals surface area contributed by atoms with Crippen LogP contribution in [0.25, 0.3) is 0 Å². The highest BCUT2D eigenvalue weighted by atomic mass is 35.5. The van der Waals surface area contributed by atoms with Crippen LogP contribution in [0.5, 0.6) is 0 Å². The summed E-state index contributed by atoms with van der Waals surface area (Å²) in [5.41, 5.74) is 9.87. The van der Waals surface area contributed by atoms with Gasteiger partial charge < -0.3 is 16.6 Å². The van der Waals surface area contributed by atoms with Gasteiger partial charge in [0, 0.05) is 26.6 Å². The summed E-state index contributed by atoms with van der Waals surface area (Å²) in [6.07, 6.45) is 2.49. The van der Waals surface area contributed by atoms with Crippen molar-refractivity contribution in [1.29, 1.82) is 0 Å². The lowest BCUT2D eigenvalue weighted by molar-refractivity contribution is -0.142. The van der Waals surface area contributed by atoms with Gasteiger partial charge in [0.1, 0.15) is 6.04 Å². The summed E-state index contributed by atoms with van der Waals surface area (Å²) in [5.74, 6) is -0.787. The molecule has 0 aliphatic carbocycles. The number of aliphatic carboxylic acids is 1. The molecule has 1 fully saturated rings. The second-order valence-electron chi connectivity index (χ2n) is 3.98. The van der Waals surface area contributed by atoms with Gasteiger partial charge in [-0.25, -0.2) is 0 Å². The first-order valence-electron chi connectivity index (χ1n) is 5.47. The second kappa shape index (κ2) is 9.87. The van der Waals surface area contributed by atoms with Crippen LogP contribution in [0.15, 0.2) is 12.7 Å². The molecule has 1 amide bonds. The maximum Gasteiger partial charge on any atom is 0.320 e. The molecule has 7 heteroatoms. The van der Waals surface area contributed by atoms with Gasteiger partial charge in [0.2, 0.25) is 5.91 Å². The molecule has 0 radical (unpaired) electrons. The molecule has 1 rings (SSSR count). The van der Waals surface area contributed by atoms with Crippen LogP contribution in [-0.2, 0) is 9.59 Å². The van der Waals surface area contributed by atoms with Crippen molar-refractivity contribution in [2.45, 2.75) is 19.4 Å². The summed E-state index contributed by atoms with van der Waals surface area (Å²) in [6.45, 7) is 6.92. The van der Waals surface area contributed by atoms with Crippen molar-refractivity contribution in [1.82, 2.24) is 4.90 Å². The third kappa shape index (κ3) is 7.26. The Hall–Kier alpha value is -1.11. The Morgan fingerprint density at radius 1 is 1.56 bits per heavy atom. The SMILES string of the molecule is C=C[C@@H]1C[C@H](C(=O)O)N(CCN)C1.CC(N)=O.Cl. The third-order valence-corrected chi connectivity index (χ3v) is 2.47. The van der Waals surface area contributed by atoms with E-state index < -0.39 is 5.97 Å². The molecule has 1 heterocycles. The van der Waals surface area contributed by atoms with Crippen molar-refractivity contribution < 1.29 is 14.7 Å². The zero-order valence-electron chi connectivity index (χ0n) is 10.5. The quantitative estimate of drug-likeness (QED) is 0.619. The Bertz CT molecular complexity index is 283. The monoisotopic (exact) mass is 279 g/mol. The van der Waals surface area contributed by atoms with E-state index in [0.29, 0.717) is 25.4 Å². The van der Waals surface area contributed by atoms with Gasteiger partial charge in [-0.05, 0) is 12.3 Å². The molecular formula is C11H22ClN3O3. The number of hydrogen-bond acceptors (Lipinski definition) is 4. The van der Waals surface area contributed by atoms with Crippen LogP contribution in [0.2, 0.25) is 0 Å². The Morgan fingerprint density at radius 3 is 2.39 bits per heavy atom. The fraction of sp³-hybridized carbons (Fsp3) is 0.636. The number of carboxylic acids is 1. The van der Waals surface area contributed by atoms with Crippen molar-refractivity contribution in [2.75, 3.05) is 19.6 Å². The number of carbonyl (C=O) groups is 2. The maximum atomic E-state index is 10.8. The average molecular weight is 280 g/mol. The summed E-state index contributed by atoms with van der Waals surface area (Å²) in [7, 11) is 0. The first-order valence-corrected chi connectivity index (χ1v) is 5.47. The summed E-state index contributed by atoms with van der Waals surface area (Å²) < 4.78 is 0. The topological polar surface area (TPSA) is 110 Å². The largest absolute Gasteiger partial charge is 0.480 e. The Balaban J connectivity index is 0. The van der Waals surface area contributed by atoms with Crippen molar-refractivity contribution in [3.05, 3.63) is 12.7 Å². The van der Waals surface area contributed by atoms with Gasteiger partial charge in [-0.1, -0.05) is 6.08 Å². The summed E-state index contributed by atoms with van der Waals surface area (Å²) in [4.78, 5) is 22.0. The average Bonchev–Trinajstić information content (AvgIpc) is 2.61. The zero-order valence-corrected chi connectivity index (χ0v) is 11.4. The summed E-state index contributed by atoms with van der Waals surface area (Å²) in [5, 5.41) is 8.91. The Kier molecular flexibility index (Phi) is 10.6. The van der Waals surface area contributed by atoms with Gasteiger partial charge in [-0.15, -0.1) is 19.0 Å². The van der Waals surface area contributed by atoms with Crippen molar-refractivity contribution in [3.63, 3.8) is 0 Å². The van der Waals surface area contributed by atoms with Crippen LogP contribution in [0.1, 0.15) is 13.3 Å². The van der Waals surface area contributed by atoms with E-state index >= 15 is 0 Å². The highest BCUT2D eigenvalue weighted by Gasteiger charge is 2.34. The van der Waals surface area contributed by atoms with Crippen LogP contribution in [0.3, 0.4) is 0 Å². The van der Waals surface area contributed by atoms with Gasteiger partial charge >= 0.3 is 5.97 Å². The summed E-state index contributed by atoms with van der Waals surface area (Å²) in [6, 6.07) is -0.369. The molecule has 1 aliphatic heterocycles. The number of amides is 1. The van der Waals surface area contributed by atoms with Crippen LogP contribution >= 0.6 is 12.4 Å². The second-order valence-corrected chi connectivity index (χ2v) is 3.98. The molecule has 0 spiro atoms. The van der Waals surface area contributed by atoms with Crippen molar-refractivity contribution in [3.8, 4) is 0 Å². The molecule has 2 atom stereocenters. The first kappa shape index (κ1) is 19.2. The molecule has 0 saturated carbocycles. The van der Waals surface area contributed by atoms with Crippen LogP contribution in [-0.4, -0.2) is 47.6 Å². The van der Waals surface area contributed by atoms with Gasteiger partial charge in [0.25, 0.3) is 0 Å². The van der Waals surface area contributed by atoms with E-state index in [1.54, 1.807) is 0 Å². The Labute approximate surface area is 113 Å². The van der Waals surface area contributed by atoms with Gasteiger partial charge in [-0.3, -0.25) is 14.5 Å². The third-order valence-electron chi connectivity index (χ3n) is 2.47. The predicted molar refractivity (Wildman–Crippen MR) is 72.5 cm³/mol. The molecule has 0 unspecified atom stereocenters. The smallest absolute Gasteiger partial charge is 0.320 e. The van der Waals surface area contributed by atoms with Gasteiger partial charge in [0.15, 0.2) is 0 Å². The van der Waals surface area contributed by atoms with Gasteiger partial charge in [0.05, 0.1) is 0 Å². The number of nitrogens with two attached hydrogens (primary N) is 2. The lowest BCUT2D eigenvalue weighted by Crippen LogP contribution is -2.38. The van der Waals surface area contributed by atoms with Crippen LogP contribution < -0.4 is 11.5 Å². The predicted octanol–water partition coefficient (Wildman–Crippen LogP) is -0.180. The van der Waals surface area contributed by atoms with E-state index in [1.165, 1.54) is 6.92 Å².